The zero-order valence-corrected chi connectivity index (χ0v) is 15.1. The van der Waals surface area contributed by atoms with Crippen LogP contribution >= 0.6 is 11.3 Å². The van der Waals surface area contributed by atoms with Gasteiger partial charge in [-0.05, 0) is 43.3 Å². The van der Waals surface area contributed by atoms with E-state index in [0.717, 1.165) is 21.9 Å². The van der Waals surface area contributed by atoms with Crippen LogP contribution < -0.4 is 15.4 Å². The molecule has 0 unspecified atom stereocenters. The van der Waals surface area contributed by atoms with Gasteiger partial charge in [-0.25, -0.2) is 4.98 Å². The van der Waals surface area contributed by atoms with Crippen LogP contribution in [0.4, 0.5) is 5.13 Å². The molecular formula is C18H17N3O4S. The van der Waals surface area contributed by atoms with Crippen molar-refractivity contribution in [3.8, 4) is 17.0 Å². The number of rotatable bonds is 6. The normalized spacial score (nSPS) is 10.4. The minimum absolute atomic E-state index is 0.157. The number of methoxy groups -OCH3 is 1. The summed E-state index contributed by atoms with van der Waals surface area (Å²) in [5.41, 5.74) is 1.73. The summed E-state index contributed by atoms with van der Waals surface area (Å²) in [5, 5.41) is 5.66. The van der Waals surface area contributed by atoms with E-state index in [1.54, 1.807) is 13.2 Å². The molecule has 3 rings (SSSR count). The summed E-state index contributed by atoms with van der Waals surface area (Å²) in [6.45, 7) is 1.77. The number of nitrogens with zero attached hydrogens (tertiary/aromatic N) is 1. The quantitative estimate of drug-likeness (QED) is 0.694. The molecule has 26 heavy (non-hydrogen) atoms. The minimum Gasteiger partial charge on any atom is -0.497 e. The van der Waals surface area contributed by atoms with Crippen molar-refractivity contribution in [1.82, 2.24) is 10.3 Å². The zero-order valence-electron chi connectivity index (χ0n) is 14.2. The molecule has 2 aromatic heterocycles. The lowest BCUT2D eigenvalue weighted by Gasteiger charge is -2.03. The van der Waals surface area contributed by atoms with Crippen LogP contribution in [0, 0.1) is 6.92 Å². The summed E-state index contributed by atoms with van der Waals surface area (Å²) in [6.07, 6.45) is 1.40. The maximum atomic E-state index is 12.0. The molecule has 0 aliphatic carbocycles. The molecule has 134 valence electrons. The number of aromatic nitrogens is 1. The van der Waals surface area contributed by atoms with E-state index in [1.807, 2.05) is 31.2 Å². The highest BCUT2D eigenvalue weighted by Gasteiger charge is 2.14. The molecule has 2 heterocycles. The third-order valence-corrected chi connectivity index (χ3v) is 4.45. The number of hydrogen-bond donors (Lipinski definition) is 2. The molecule has 0 spiro atoms. The van der Waals surface area contributed by atoms with Crippen LogP contribution in [-0.4, -0.2) is 30.5 Å². The minimum atomic E-state index is -0.445. The van der Waals surface area contributed by atoms with Gasteiger partial charge in [-0.3, -0.25) is 9.59 Å². The number of carbonyl (C=O) groups excluding carboxylic acids is 2. The second kappa shape index (κ2) is 7.83. The number of aryl methyl sites for hydroxylation is 1. The number of ether oxygens (including phenoxy) is 1. The highest BCUT2D eigenvalue weighted by Crippen LogP contribution is 2.31. The fourth-order valence-corrected chi connectivity index (χ4v) is 3.14. The SMILES string of the molecule is COc1ccc(-c2nc(NC(=O)CNC(=O)c3ccco3)sc2C)cc1. The van der Waals surface area contributed by atoms with Gasteiger partial charge < -0.3 is 19.8 Å². The second-order valence-corrected chi connectivity index (χ2v) is 6.56. The van der Waals surface area contributed by atoms with Gasteiger partial charge >= 0.3 is 0 Å². The number of carbonyl (C=O) groups is 2. The molecule has 0 radical (unpaired) electrons. The van der Waals surface area contributed by atoms with Crippen molar-refractivity contribution in [3.63, 3.8) is 0 Å². The predicted molar refractivity (Wildman–Crippen MR) is 98.5 cm³/mol. The van der Waals surface area contributed by atoms with Crippen LogP contribution in [0.5, 0.6) is 5.75 Å². The molecule has 0 bridgehead atoms. The molecule has 0 aliphatic rings. The Morgan fingerprint density at radius 3 is 2.65 bits per heavy atom. The average molecular weight is 371 g/mol. The standard InChI is InChI=1S/C18H17N3O4S/c1-11-16(12-5-7-13(24-2)8-6-12)21-18(26-11)20-15(22)10-19-17(23)14-4-3-9-25-14/h3-9H,10H2,1-2H3,(H,19,23)(H,20,21,22). The third-order valence-electron chi connectivity index (χ3n) is 3.56. The Kier molecular flexibility index (Phi) is 5.33. The van der Waals surface area contributed by atoms with Gasteiger partial charge in [0.15, 0.2) is 10.9 Å². The van der Waals surface area contributed by atoms with Crippen LogP contribution in [-0.2, 0) is 4.79 Å². The number of nitrogens with one attached hydrogen (secondary N) is 2. The van der Waals surface area contributed by atoms with Crippen molar-refractivity contribution in [1.29, 1.82) is 0 Å². The van der Waals surface area contributed by atoms with Crippen molar-refractivity contribution in [3.05, 3.63) is 53.3 Å². The number of amides is 2. The lowest BCUT2D eigenvalue weighted by Crippen LogP contribution is -2.32. The smallest absolute Gasteiger partial charge is 0.287 e. The molecular weight excluding hydrogens is 354 g/mol. The van der Waals surface area contributed by atoms with Crippen LogP contribution in [0.15, 0.2) is 47.1 Å². The van der Waals surface area contributed by atoms with Gasteiger partial charge in [0, 0.05) is 10.4 Å². The van der Waals surface area contributed by atoms with E-state index in [0.29, 0.717) is 5.13 Å². The van der Waals surface area contributed by atoms with Crippen LogP contribution in [0.1, 0.15) is 15.4 Å². The first-order chi connectivity index (χ1) is 12.6. The Morgan fingerprint density at radius 2 is 2.00 bits per heavy atom. The summed E-state index contributed by atoms with van der Waals surface area (Å²) in [5.74, 6) is 0.117. The maximum Gasteiger partial charge on any atom is 0.287 e. The molecule has 3 aromatic rings. The van der Waals surface area contributed by atoms with Crippen molar-refractivity contribution in [2.24, 2.45) is 0 Å². The lowest BCUT2D eigenvalue weighted by atomic mass is 10.1. The first-order valence-corrected chi connectivity index (χ1v) is 8.62. The van der Waals surface area contributed by atoms with Crippen LogP contribution in [0.3, 0.4) is 0 Å². The van der Waals surface area contributed by atoms with Crippen molar-refractivity contribution >= 4 is 28.3 Å². The summed E-state index contributed by atoms with van der Waals surface area (Å²) < 4.78 is 10.1. The van der Waals surface area contributed by atoms with Gasteiger partial charge in [-0.2, -0.15) is 0 Å². The van der Waals surface area contributed by atoms with Crippen LogP contribution in [0.25, 0.3) is 11.3 Å². The van der Waals surface area contributed by atoms with E-state index >= 15 is 0 Å². The molecule has 0 saturated carbocycles. The number of hydrogen-bond acceptors (Lipinski definition) is 6. The number of anilines is 1. The molecule has 0 aliphatic heterocycles. The van der Waals surface area contributed by atoms with E-state index in [9.17, 15) is 9.59 Å². The summed E-state index contributed by atoms with van der Waals surface area (Å²) in [4.78, 5) is 29.2. The van der Waals surface area contributed by atoms with E-state index in [-0.39, 0.29) is 18.2 Å². The van der Waals surface area contributed by atoms with Gasteiger partial charge in [-0.15, -0.1) is 11.3 Å². The summed E-state index contributed by atoms with van der Waals surface area (Å²) >= 11 is 1.37. The van der Waals surface area contributed by atoms with Crippen molar-refractivity contribution in [2.75, 3.05) is 19.0 Å². The monoisotopic (exact) mass is 371 g/mol. The Morgan fingerprint density at radius 1 is 1.23 bits per heavy atom. The molecule has 0 fully saturated rings. The Balaban J connectivity index is 1.61. The number of furan rings is 1. The molecule has 0 atom stereocenters. The predicted octanol–water partition coefficient (Wildman–Crippen LogP) is 3.09. The molecule has 2 amide bonds. The topological polar surface area (TPSA) is 93.5 Å². The van der Waals surface area contributed by atoms with Gasteiger partial charge in [0.25, 0.3) is 5.91 Å². The second-order valence-electron chi connectivity index (χ2n) is 5.36. The average Bonchev–Trinajstić information content (AvgIpc) is 3.30. The van der Waals surface area contributed by atoms with E-state index in [4.69, 9.17) is 9.15 Å². The van der Waals surface area contributed by atoms with Crippen molar-refractivity contribution in [2.45, 2.75) is 6.92 Å². The molecule has 0 saturated heterocycles. The fourth-order valence-electron chi connectivity index (χ4n) is 2.29. The number of benzene rings is 1. The van der Waals surface area contributed by atoms with Crippen LogP contribution in [0.2, 0.25) is 0 Å². The highest BCUT2D eigenvalue weighted by atomic mass is 32.1. The van der Waals surface area contributed by atoms with Gasteiger partial charge in [0.1, 0.15) is 5.75 Å². The maximum absolute atomic E-state index is 12.0. The Bertz CT molecular complexity index is 901. The fraction of sp³-hybridized carbons (Fsp3) is 0.167. The van der Waals surface area contributed by atoms with Gasteiger partial charge in [0.2, 0.25) is 5.91 Å². The molecule has 1 aromatic carbocycles. The molecule has 8 heteroatoms. The van der Waals surface area contributed by atoms with Gasteiger partial charge in [0.05, 0.1) is 25.6 Å². The van der Waals surface area contributed by atoms with E-state index in [1.165, 1.54) is 23.7 Å². The third kappa shape index (κ3) is 4.09. The summed E-state index contributed by atoms with van der Waals surface area (Å²) in [7, 11) is 1.61. The zero-order chi connectivity index (χ0) is 18.5. The van der Waals surface area contributed by atoms with E-state index in [2.05, 4.69) is 15.6 Å². The first kappa shape index (κ1) is 17.7. The summed E-state index contributed by atoms with van der Waals surface area (Å²) in [6, 6.07) is 10.7. The lowest BCUT2D eigenvalue weighted by molar-refractivity contribution is -0.115. The van der Waals surface area contributed by atoms with E-state index < -0.39 is 5.91 Å². The molecule has 7 nitrogen and oxygen atoms in total. The first-order valence-electron chi connectivity index (χ1n) is 7.80. The molecule has 2 N–H and O–H groups in total. The highest BCUT2D eigenvalue weighted by molar-refractivity contribution is 7.16. The Labute approximate surface area is 154 Å². The number of thiazole rings is 1. The van der Waals surface area contributed by atoms with Gasteiger partial charge in [-0.1, -0.05) is 0 Å². The van der Waals surface area contributed by atoms with Crippen molar-refractivity contribution < 1.29 is 18.7 Å². The Hall–Kier alpha value is -3.13. The largest absolute Gasteiger partial charge is 0.497 e.